The number of benzene rings is 1. The molecule has 3 nitrogen and oxygen atoms in total. The van der Waals surface area contributed by atoms with Gasteiger partial charge in [-0.25, -0.2) is 4.79 Å². The Balaban J connectivity index is 2.43. The van der Waals surface area contributed by atoms with Crippen molar-refractivity contribution in [3.05, 3.63) is 23.8 Å². The summed E-state index contributed by atoms with van der Waals surface area (Å²) in [6.45, 7) is 0. The predicted molar refractivity (Wildman–Crippen MR) is 42.3 cm³/mol. The van der Waals surface area contributed by atoms with Crippen molar-refractivity contribution >= 4 is 17.4 Å². The van der Waals surface area contributed by atoms with Crippen LogP contribution >= 0.6 is 0 Å². The lowest BCUT2D eigenvalue weighted by Gasteiger charge is -2.06. The van der Waals surface area contributed by atoms with Crippen LogP contribution in [0.3, 0.4) is 0 Å². The molecule has 1 aromatic carbocycles. The Labute approximate surface area is 76.9 Å². The molecule has 2 rings (SSSR count). The van der Waals surface area contributed by atoms with E-state index in [0.717, 1.165) is 18.2 Å². The zero-order valence-electron chi connectivity index (χ0n) is 6.72. The number of urea groups is 1. The van der Waals surface area contributed by atoms with Gasteiger partial charge in [0.1, 0.15) is 0 Å². The van der Waals surface area contributed by atoms with Crippen LogP contribution in [-0.2, 0) is 6.18 Å². The first-order valence-corrected chi connectivity index (χ1v) is 3.71. The molecule has 0 aromatic heterocycles. The highest BCUT2D eigenvalue weighted by molar-refractivity contribution is 6.02. The summed E-state index contributed by atoms with van der Waals surface area (Å²) in [5.41, 5.74) is -0.457. The lowest BCUT2D eigenvalue weighted by molar-refractivity contribution is -0.137. The Morgan fingerprint density at radius 2 is 2.00 bits per heavy atom. The van der Waals surface area contributed by atoms with Crippen molar-refractivity contribution in [3.8, 4) is 0 Å². The molecular formula is C8H4F3N2O. The van der Waals surface area contributed by atoms with Gasteiger partial charge in [0.05, 0.1) is 16.9 Å². The third kappa shape index (κ3) is 1.39. The number of hydrogen-bond donors (Lipinski definition) is 1. The number of rotatable bonds is 0. The fourth-order valence-electron chi connectivity index (χ4n) is 1.16. The second kappa shape index (κ2) is 2.63. The molecule has 0 spiro atoms. The summed E-state index contributed by atoms with van der Waals surface area (Å²) in [5.74, 6) is 0. The van der Waals surface area contributed by atoms with Gasteiger partial charge in [-0.3, -0.25) is 0 Å². The van der Waals surface area contributed by atoms with Crippen molar-refractivity contribution < 1.29 is 18.0 Å². The summed E-state index contributed by atoms with van der Waals surface area (Å²) in [6, 6.07) is 2.28. The standard InChI is InChI=1S/C8H4F3N2O/c9-8(10,11)4-1-2-5-6(3-4)13-7(14)12-5/h1-3H,(H,13,14). The topological polar surface area (TPSA) is 43.2 Å². The molecule has 0 aliphatic carbocycles. The van der Waals surface area contributed by atoms with E-state index in [4.69, 9.17) is 0 Å². The zero-order valence-corrected chi connectivity index (χ0v) is 6.72. The smallest absolute Gasteiger partial charge is 0.304 e. The van der Waals surface area contributed by atoms with Crippen LogP contribution in [0, 0.1) is 0 Å². The van der Waals surface area contributed by atoms with Gasteiger partial charge >= 0.3 is 12.2 Å². The fraction of sp³-hybridized carbons (Fsp3) is 0.125. The molecule has 0 unspecified atom stereocenters. The number of hydrogen-bond acceptors (Lipinski definition) is 1. The first kappa shape index (κ1) is 8.86. The predicted octanol–water partition coefficient (Wildman–Crippen LogP) is 2.49. The Hall–Kier alpha value is -1.72. The number of amides is 2. The molecular weight excluding hydrogens is 197 g/mol. The van der Waals surface area contributed by atoms with Gasteiger partial charge in [0, 0.05) is 0 Å². The van der Waals surface area contributed by atoms with Gasteiger partial charge < -0.3 is 5.32 Å². The number of anilines is 1. The van der Waals surface area contributed by atoms with Gasteiger partial charge in [0.2, 0.25) is 0 Å². The van der Waals surface area contributed by atoms with Crippen molar-refractivity contribution in [3.63, 3.8) is 0 Å². The lowest BCUT2D eigenvalue weighted by atomic mass is 10.2. The van der Waals surface area contributed by atoms with E-state index < -0.39 is 17.8 Å². The van der Waals surface area contributed by atoms with Crippen molar-refractivity contribution in [1.29, 1.82) is 0 Å². The van der Waals surface area contributed by atoms with Crippen molar-refractivity contribution in [2.45, 2.75) is 6.18 Å². The number of alkyl halides is 3. The highest BCUT2D eigenvalue weighted by Crippen LogP contribution is 2.35. The molecule has 0 saturated carbocycles. The van der Waals surface area contributed by atoms with Crippen LogP contribution in [0.4, 0.5) is 29.3 Å². The van der Waals surface area contributed by atoms with E-state index in [9.17, 15) is 18.0 Å². The fourth-order valence-corrected chi connectivity index (χ4v) is 1.16. The van der Waals surface area contributed by atoms with Crippen LogP contribution < -0.4 is 10.6 Å². The average molecular weight is 201 g/mol. The molecule has 1 aliphatic rings. The minimum atomic E-state index is -4.40. The molecule has 0 fully saturated rings. The molecule has 1 aliphatic heterocycles. The van der Waals surface area contributed by atoms with Gasteiger partial charge in [-0.2, -0.15) is 18.5 Å². The summed E-state index contributed by atoms with van der Waals surface area (Å²) >= 11 is 0. The maximum Gasteiger partial charge on any atom is 0.416 e. The molecule has 0 atom stereocenters. The summed E-state index contributed by atoms with van der Waals surface area (Å²) in [4.78, 5) is 10.7. The maximum atomic E-state index is 12.2. The van der Waals surface area contributed by atoms with Crippen molar-refractivity contribution in [2.24, 2.45) is 0 Å². The molecule has 14 heavy (non-hydrogen) atoms. The van der Waals surface area contributed by atoms with Gasteiger partial charge in [-0.05, 0) is 18.2 Å². The van der Waals surface area contributed by atoms with Gasteiger partial charge in [0.15, 0.2) is 0 Å². The van der Waals surface area contributed by atoms with E-state index in [1.54, 1.807) is 0 Å². The second-order valence-corrected chi connectivity index (χ2v) is 2.77. The van der Waals surface area contributed by atoms with Gasteiger partial charge in [0.25, 0.3) is 0 Å². The van der Waals surface area contributed by atoms with Crippen molar-refractivity contribution in [1.82, 2.24) is 5.32 Å². The SMILES string of the molecule is O=C1[N]c2ccc(C(F)(F)F)cc2N1. The Bertz CT molecular complexity index is 400. The molecule has 1 radical (unpaired) electrons. The van der Waals surface area contributed by atoms with E-state index in [1.807, 2.05) is 0 Å². The minimum absolute atomic E-state index is 0.102. The first-order chi connectivity index (χ1) is 6.47. The molecule has 1 aromatic rings. The van der Waals surface area contributed by atoms with Crippen LogP contribution in [0.1, 0.15) is 5.56 Å². The summed E-state index contributed by atoms with van der Waals surface area (Å²) in [7, 11) is 0. The monoisotopic (exact) mass is 201 g/mol. The second-order valence-electron chi connectivity index (χ2n) is 2.77. The number of nitrogens with one attached hydrogen (secondary N) is 1. The molecule has 6 heteroatoms. The highest BCUT2D eigenvalue weighted by Gasteiger charge is 2.32. The minimum Gasteiger partial charge on any atom is -0.304 e. The third-order valence-electron chi connectivity index (χ3n) is 1.79. The van der Waals surface area contributed by atoms with Gasteiger partial charge in [-0.15, -0.1) is 0 Å². The third-order valence-corrected chi connectivity index (χ3v) is 1.79. The molecule has 1 N–H and O–H groups in total. The summed E-state index contributed by atoms with van der Waals surface area (Å²) < 4.78 is 36.6. The van der Waals surface area contributed by atoms with Crippen molar-refractivity contribution in [2.75, 3.05) is 5.32 Å². The summed E-state index contributed by atoms with van der Waals surface area (Å²) in [5, 5.41) is 5.66. The van der Waals surface area contributed by atoms with Crippen LogP contribution in [0.2, 0.25) is 0 Å². The summed E-state index contributed by atoms with van der Waals surface area (Å²) in [6.07, 6.45) is -4.40. The van der Waals surface area contributed by atoms with E-state index in [1.165, 1.54) is 0 Å². The number of carbonyl (C=O) groups excluding carboxylic acids is 1. The Morgan fingerprint density at radius 1 is 1.29 bits per heavy atom. The lowest BCUT2D eigenvalue weighted by Crippen LogP contribution is -2.08. The van der Waals surface area contributed by atoms with E-state index in [-0.39, 0.29) is 11.4 Å². The molecule has 2 amide bonds. The molecule has 0 saturated heterocycles. The van der Waals surface area contributed by atoms with Crippen LogP contribution in [0.5, 0.6) is 0 Å². The first-order valence-electron chi connectivity index (χ1n) is 3.71. The number of carbonyl (C=O) groups is 1. The van der Waals surface area contributed by atoms with E-state index >= 15 is 0 Å². The Morgan fingerprint density at radius 3 is 2.64 bits per heavy atom. The molecule has 0 bridgehead atoms. The number of nitrogens with zero attached hydrogens (tertiary/aromatic N) is 1. The van der Waals surface area contributed by atoms with Crippen LogP contribution in [0.25, 0.3) is 0 Å². The molecule has 1 heterocycles. The van der Waals surface area contributed by atoms with Crippen LogP contribution in [-0.4, -0.2) is 6.03 Å². The number of halogens is 3. The Kier molecular flexibility index (Phi) is 1.67. The largest absolute Gasteiger partial charge is 0.416 e. The normalized spacial score (nSPS) is 14.6. The van der Waals surface area contributed by atoms with E-state index in [0.29, 0.717) is 0 Å². The highest BCUT2D eigenvalue weighted by atomic mass is 19.4. The van der Waals surface area contributed by atoms with E-state index in [2.05, 4.69) is 10.6 Å². The van der Waals surface area contributed by atoms with Gasteiger partial charge in [-0.1, -0.05) is 0 Å². The maximum absolute atomic E-state index is 12.2. The zero-order chi connectivity index (χ0) is 10.3. The average Bonchev–Trinajstić information content (AvgIpc) is 2.41. The quantitative estimate of drug-likeness (QED) is 0.688. The molecule has 73 valence electrons. The number of fused-ring (bicyclic) bond motifs is 1. The van der Waals surface area contributed by atoms with Crippen LogP contribution in [0.15, 0.2) is 18.2 Å².